The molecule has 0 aliphatic rings. The van der Waals surface area contributed by atoms with E-state index in [1.165, 1.54) is 28.5 Å². The molecule has 1 amide bonds. The van der Waals surface area contributed by atoms with Crippen molar-refractivity contribution in [3.63, 3.8) is 0 Å². The Labute approximate surface area is 240 Å². The fourth-order valence-corrected chi connectivity index (χ4v) is 5.53. The zero-order valence-electron chi connectivity index (χ0n) is 22.5. The van der Waals surface area contributed by atoms with Crippen molar-refractivity contribution in [1.29, 1.82) is 0 Å². The molecule has 0 aliphatic carbocycles. The van der Waals surface area contributed by atoms with Crippen LogP contribution in [0.1, 0.15) is 23.1 Å². The van der Waals surface area contributed by atoms with Crippen LogP contribution in [0.15, 0.2) is 126 Å². The molecule has 7 heteroatoms. The lowest BCUT2D eigenvalue weighted by atomic mass is 10.0. The Morgan fingerprint density at radius 2 is 1.34 bits per heavy atom. The van der Waals surface area contributed by atoms with Gasteiger partial charge in [0.15, 0.2) is 0 Å². The van der Waals surface area contributed by atoms with Crippen molar-refractivity contribution >= 4 is 26.7 Å². The van der Waals surface area contributed by atoms with E-state index in [1.807, 2.05) is 60.7 Å². The van der Waals surface area contributed by atoms with Gasteiger partial charge in [0.05, 0.1) is 11.5 Å². The van der Waals surface area contributed by atoms with Crippen molar-refractivity contribution < 1.29 is 22.7 Å². The van der Waals surface area contributed by atoms with Crippen LogP contribution < -0.4 is 14.2 Å². The molecule has 0 fully saturated rings. The van der Waals surface area contributed by atoms with Crippen molar-refractivity contribution in [2.45, 2.75) is 30.8 Å². The molecule has 0 heterocycles. The van der Waals surface area contributed by atoms with E-state index in [0.29, 0.717) is 31.8 Å². The number of carbonyl (C=O) groups is 1. The van der Waals surface area contributed by atoms with E-state index in [2.05, 4.69) is 35.1 Å². The number of hydrogen-bond donors (Lipinski definition) is 1. The summed E-state index contributed by atoms with van der Waals surface area (Å²) >= 11 is 0. The molecule has 0 unspecified atom stereocenters. The largest absolute Gasteiger partial charge is 0.493 e. The Morgan fingerprint density at radius 3 is 2.12 bits per heavy atom. The lowest BCUT2D eigenvalue weighted by Gasteiger charge is -2.15. The first-order valence-corrected chi connectivity index (χ1v) is 15.0. The molecule has 0 atom stereocenters. The Morgan fingerprint density at radius 1 is 0.659 bits per heavy atom. The summed E-state index contributed by atoms with van der Waals surface area (Å²) in [5.41, 5.74) is 2.91. The topological polar surface area (TPSA) is 81.7 Å². The van der Waals surface area contributed by atoms with Crippen LogP contribution in [0.2, 0.25) is 0 Å². The van der Waals surface area contributed by atoms with Crippen LogP contribution in [0.5, 0.6) is 11.5 Å². The Balaban J connectivity index is 1.26. The Kier molecular flexibility index (Phi) is 8.96. The SMILES string of the molecule is O=C(CCc1ccc(COc2ccccc2)cc1OCCc1ccc2ccccc2c1)NS(=O)(=O)c1ccccc1. The highest BCUT2D eigenvalue weighted by atomic mass is 32.2. The number of aryl methyl sites for hydroxylation is 1. The summed E-state index contributed by atoms with van der Waals surface area (Å²) in [4.78, 5) is 12.6. The fourth-order valence-electron chi connectivity index (χ4n) is 4.49. The monoisotopic (exact) mass is 565 g/mol. The minimum absolute atomic E-state index is 0.00698. The van der Waals surface area contributed by atoms with E-state index in [0.717, 1.165) is 16.9 Å². The van der Waals surface area contributed by atoms with E-state index < -0.39 is 15.9 Å². The molecular weight excluding hydrogens is 534 g/mol. The van der Waals surface area contributed by atoms with Crippen LogP contribution in [-0.2, 0) is 34.3 Å². The Hall–Kier alpha value is -4.62. The summed E-state index contributed by atoms with van der Waals surface area (Å²) in [5, 5.41) is 2.38. The lowest BCUT2D eigenvalue weighted by Crippen LogP contribution is -2.30. The van der Waals surface area contributed by atoms with Crippen molar-refractivity contribution in [3.8, 4) is 11.5 Å². The standard InChI is InChI=1S/C34H31NO5S/c36-34(35-41(37,38)32-13-5-2-6-14-32)20-19-29-18-16-27(25-40-31-11-3-1-4-12-31)24-33(29)39-22-21-26-15-17-28-9-7-8-10-30(28)23-26/h1-18,23-24H,19-22,25H2,(H,35,36). The zero-order valence-corrected chi connectivity index (χ0v) is 23.3. The van der Waals surface area contributed by atoms with E-state index in [-0.39, 0.29) is 11.3 Å². The first-order valence-electron chi connectivity index (χ1n) is 13.5. The van der Waals surface area contributed by atoms with E-state index in [4.69, 9.17) is 9.47 Å². The van der Waals surface area contributed by atoms with Crippen molar-refractivity contribution in [3.05, 3.63) is 138 Å². The van der Waals surface area contributed by atoms with Gasteiger partial charge in [0.1, 0.15) is 18.1 Å². The van der Waals surface area contributed by atoms with Gasteiger partial charge in [0, 0.05) is 12.8 Å². The highest BCUT2D eigenvalue weighted by molar-refractivity contribution is 7.90. The molecule has 0 saturated carbocycles. The summed E-state index contributed by atoms with van der Waals surface area (Å²) in [6.45, 7) is 0.810. The number of amides is 1. The van der Waals surface area contributed by atoms with Gasteiger partial charge in [-0.25, -0.2) is 13.1 Å². The van der Waals surface area contributed by atoms with Crippen LogP contribution in [0.3, 0.4) is 0 Å². The molecule has 0 bridgehead atoms. The predicted octanol–water partition coefficient (Wildman–Crippen LogP) is 6.48. The average molecular weight is 566 g/mol. The van der Waals surface area contributed by atoms with Gasteiger partial charge in [-0.15, -0.1) is 0 Å². The van der Waals surface area contributed by atoms with Gasteiger partial charge in [-0.2, -0.15) is 0 Å². The highest BCUT2D eigenvalue weighted by Crippen LogP contribution is 2.24. The summed E-state index contributed by atoms with van der Waals surface area (Å²) in [6, 6.07) is 37.8. The van der Waals surface area contributed by atoms with E-state index in [9.17, 15) is 13.2 Å². The number of rotatable bonds is 12. The fraction of sp³-hybridized carbons (Fsp3) is 0.147. The van der Waals surface area contributed by atoms with Crippen molar-refractivity contribution in [1.82, 2.24) is 4.72 Å². The third-order valence-electron chi connectivity index (χ3n) is 6.67. The maximum absolute atomic E-state index is 12.6. The smallest absolute Gasteiger partial charge is 0.264 e. The Bertz CT molecular complexity index is 1720. The van der Waals surface area contributed by atoms with Crippen LogP contribution in [0.25, 0.3) is 10.8 Å². The molecule has 6 nitrogen and oxygen atoms in total. The van der Waals surface area contributed by atoms with Crippen LogP contribution in [0.4, 0.5) is 0 Å². The van der Waals surface area contributed by atoms with Crippen molar-refractivity contribution in [2.24, 2.45) is 0 Å². The second-order valence-corrected chi connectivity index (χ2v) is 11.3. The van der Waals surface area contributed by atoms with Gasteiger partial charge in [-0.1, -0.05) is 91.0 Å². The normalized spacial score (nSPS) is 11.2. The summed E-state index contributed by atoms with van der Waals surface area (Å²) in [6.07, 6.45) is 1.03. The number of ether oxygens (including phenoxy) is 2. The molecule has 0 radical (unpaired) electrons. The number of sulfonamides is 1. The van der Waals surface area contributed by atoms with Gasteiger partial charge in [0.25, 0.3) is 10.0 Å². The third kappa shape index (κ3) is 7.74. The third-order valence-corrected chi connectivity index (χ3v) is 8.05. The van der Waals surface area contributed by atoms with Crippen LogP contribution in [-0.4, -0.2) is 20.9 Å². The first kappa shape index (κ1) is 27.9. The summed E-state index contributed by atoms with van der Waals surface area (Å²) in [7, 11) is -3.92. The molecule has 0 saturated heterocycles. The summed E-state index contributed by atoms with van der Waals surface area (Å²) in [5.74, 6) is 0.845. The number of nitrogens with one attached hydrogen (secondary N) is 1. The van der Waals surface area contributed by atoms with Gasteiger partial charge < -0.3 is 9.47 Å². The molecule has 5 rings (SSSR count). The average Bonchev–Trinajstić information content (AvgIpc) is 3.00. The maximum Gasteiger partial charge on any atom is 0.264 e. The van der Waals surface area contributed by atoms with Gasteiger partial charge in [-0.3, -0.25) is 4.79 Å². The van der Waals surface area contributed by atoms with Crippen LogP contribution >= 0.6 is 0 Å². The first-order chi connectivity index (χ1) is 20.0. The number of hydrogen-bond acceptors (Lipinski definition) is 5. The number of fused-ring (bicyclic) bond motifs is 1. The maximum atomic E-state index is 12.6. The lowest BCUT2D eigenvalue weighted by molar-refractivity contribution is -0.119. The minimum Gasteiger partial charge on any atom is -0.493 e. The second-order valence-electron chi connectivity index (χ2n) is 9.67. The molecule has 5 aromatic carbocycles. The molecule has 0 aromatic heterocycles. The number of benzene rings is 5. The minimum atomic E-state index is -3.92. The van der Waals surface area contributed by atoms with Gasteiger partial charge in [-0.05, 0) is 64.2 Å². The number of para-hydroxylation sites is 1. The quantitative estimate of drug-likeness (QED) is 0.187. The van der Waals surface area contributed by atoms with Crippen molar-refractivity contribution in [2.75, 3.05) is 6.61 Å². The number of carbonyl (C=O) groups excluding carboxylic acids is 1. The van der Waals surface area contributed by atoms with E-state index >= 15 is 0 Å². The molecule has 5 aromatic rings. The molecule has 0 aliphatic heterocycles. The zero-order chi connectivity index (χ0) is 28.5. The van der Waals surface area contributed by atoms with Gasteiger partial charge in [0.2, 0.25) is 5.91 Å². The van der Waals surface area contributed by atoms with Gasteiger partial charge >= 0.3 is 0 Å². The molecular formula is C34H31NO5S. The van der Waals surface area contributed by atoms with Crippen LogP contribution in [0, 0.1) is 0 Å². The molecule has 0 spiro atoms. The predicted molar refractivity (Wildman–Crippen MR) is 160 cm³/mol. The second kappa shape index (κ2) is 13.2. The molecule has 1 N–H and O–H groups in total. The molecule has 41 heavy (non-hydrogen) atoms. The molecule has 208 valence electrons. The van der Waals surface area contributed by atoms with E-state index in [1.54, 1.807) is 18.2 Å². The summed E-state index contributed by atoms with van der Waals surface area (Å²) < 4.78 is 39.4. The highest BCUT2D eigenvalue weighted by Gasteiger charge is 2.18.